The first-order valence-electron chi connectivity index (χ1n) is 12.7. The van der Waals surface area contributed by atoms with Crippen molar-refractivity contribution in [2.24, 2.45) is 0 Å². The molecule has 1 aliphatic rings. The van der Waals surface area contributed by atoms with Gasteiger partial charge in [0.05, 0.1) is 0 Å². The number of aromatic nitrogens is 1. The zero-order valence-electron chi connectivity index (χ0n) is 20.9. The summed E-state index contributed by atoms with van der Waals surface area (Å²) in [5, 5.41) is 13.6. The molecular formula is C32H25BrN2O4. The summed E-state index contributed by atoms with van der Waals surface area (Å²) in [6, 6.07) is 30.6. The lowest BCUT2D eigenvalue weighted by atomic mass is 9.98. The van der Waals surface area contributed by atoms with Crippen LogP contribution >= 0.6 is 15.9 Å². The number of hydrogen-bond acceptors (Lipinski definition) is 3. The maximum atomic E-state index is 12.9. The average molecular weight is 581 g/mol. The van der Waals surface area contributed by atoms with E-state index in [0.717, 1.165) is 54.5 Å². The highest BCUT2D eigenvalue weighted by molar-refractivity contribution is 9.10. The summed E-state index contributed by atoms with van der Waals surface area (Å²) in [5.74, 6) is -1.24. The number of carbonyl (C=O) groups excluding carboxylic acids is 1. The first kappa shape index (κ1) is 24.9. The number of benzene rings is 4. The fraction of sp³-hybridized carbons (Fsp3) is 0.125. The third-order valence-corrected chi connectivity index (χ3v) is 7.82. The summed E-state index contributed by atoms with van der Waals surface area (Å²) in [6.07, 6.45) is -0.663. The van der Waals surface area contributed by atoms with E-state index in [2.05, 4.69) is 38.4 Å². The number of aliphatic carboxylic acids is 1. The van der Waals surface area contributed by atoms with Gasteiger partial charge in [0.1, 0.15) is 12.6 Å². The zero-order chi connectivity index (χ0) is 26.9. The second-order valence-corrected chi connectivity index (χ2v) is 10.5. The molecule has 1 amide bonds. The number of para-hydroxylation sites is 1. The van der Waals surface area contributed by atoms with E-state index >= 15 is 0 Å². The lowest BCUT2D eigenvalue weighted by Crippen LogP contribution is -2.43. The van der Waals surface area contributed by atoms with Crippen molar-refractivity contribution in [3.05, 3.63) is 118 Å². The molecule has 39 heavy (non-hydrogen) atoms. The van der Waals surface area contributed by atoms with E-state index in [1.54, 1.807) is 0 Å². The van der Waals surface area contributed by atoms with Crippen LogP contribution in [0.25, 0.3) is 33.3 Å². The lowest BCUT2D eigenvalue weighted by molar-refractivity contribution is -0.139. The van der Waals surface area contributed by atoms with Crippen LogP contribution in [0.4, 0.5) is 4.79 Å². The fourth-order valence-electron chi connectivity index (χ4n) is 5.46. The SMILES string of the molecule is O=C(N[C@@H](Cc1c(-c2ccc(Br)cc2)[nH]c2ccccc12)C(=O)O)OCC1c2ccccc2-c2ccccc21. The number of nitrogens with one attached hydrogen (secondary N) is 2. The number of alkyl carbamates (subject to hydrolysis) is 1. The molecule has 1 aliphatic carbocycles. The minimum absolute atomic E-state index is 0.0922. The van der Waals surface area contributed by atoms with Crippen molar-refractivity contribution in [2.45, 2.75) is 18.4 Å². The van der Waals surface area contributed by atoms with Gasteiger partial charge in [-0.15, -0.1) is 0 Å². The molecule has 0 fully saturated rings. The van der Waals surface area contributed by atoms with E-state index in [1.165, 1.54) is 0 Å². The Hall–Kier alpha value is -4.36. The molecule has 0 saturated carbocycles. The minimum atomic E-state index is -1.17. The van der Waals surface area contributed by atoms with E-state index in [-0.39, 0.29) is 18.9 Å². The van der Waals surface area contributed by atoms with Gasteiger partial charge in [0.25, 0.3) is 0 Å². The Morgan fingerprint density at radius 2 is 1.49 bits per heavy atom. The molecule has 0 bridgehead atoms. The van der Waals surface area contributed by atoms with Crippen LogP contribution < -0.4 is 5.32 Å². The molecule has 1 heterocycles. The molecule has 5 aromatic rings. The van der Waals surface area contributed by atoms with Crippen LogP contribution in [0, 0.1) is 0 Å². The number of amides is 1. The van der Waals surface area contributed by atoms with Gasteiger partial charge in [-0.25, -0.2) is 9.59 Å². The lowest BCUT2D eigenvalue weighted by Gasteiger charge is -2.18. The van der Waals surface area contributed by atoms with Crippen LogP contribution in [-0.4, -0.2) is 34.8 Å². The summed E-state index contributed by atoms with van der Waals surface area (Å²) in [6.45, 7) is 0.115. The van der Waals surface area contributed by atoms with Gasteiger partial charge in [-0.1, -0.05) is 94.8 Å². The van der Waals surface area contributed by atoms with Crippen LogP contribution in [-0.2, 0) is 16.0 Å². The van der Waals surface area contributed by atoms with Crippen molar-refractivity contribution < 1.29 is 19.4 Å². The third-order valence-electron chi connectivity index (χ3n) is 7.29. The van der Waals surface area contributed by atoms with E-state index in [1.807, 2.05) is 84.9 Å². The van der Waals surface area contributed by atoms with Crippen molar-refractivity contribution in [1.29, 1.82) is 0 Å². The fourth-order valence-corrected chi connectivity index (χ4v) is 5.73. The maximum Gasteiger partial charge on any atom is 0.407 e. The van der Waals surface area contributed by atoms with Crippen LogP contribution in [0.1, 0.15) is 22.6 Å². The van der Waals surface area contributed by atoms with Gasteiger partial charge in [0.15, 0.2) is 0 Å². The van der Waals surface area contributed by atoms with Crippen molar-refractivity contribution in [3.63, 3.8) is 0 Å². The molecule has 0 aliphatic heterocycles. The number of H-pyrrole nitrogens is 1. The van der Waals surface area contributed by atoms with Crippen LogP contribution in [0.15, 0.2) is 102 Å². The highest BCUT2D eigenvalue weighted by atomic mass is 79.9. The van der Waals surface area contributed by atoms with Gasteiger partial charge in [0.2, 0.25) is 0 Å². The average Bonchev–Trinajstić information content (AvgIpc) is 3.47. The molecule has 4 aromatic carbocycles. The Morgan fingerprint density at radius 3 is 2.15 bits per heavy atom. The number of hydrogen-bond donors (Lipinski definition) is 3. The van der Waals surface area contributed by atoms with Gasteiger partial charge in [-0.2, -0.15) is 0 Å². The molecule has 0 unspecified atom stereocenters. The Bertz CT molecular complexity index is 1650. The van der Waals surface area contributed by atoms with Gasteiger partial charge < -0.3 is 20.1 Å². The highest BCUT2D eigenvalue weighted by Crippen LogP contribution is 2.44. The standard InChI is InChI=1S/C32H25BrN2O4/c33-20-15-13-19(14-16-20)30-26(25-11-5-6-12-28(25)34-30)17-29(31(36)37)35-32(38)39-18-27-23-9-3-1-7-21(23)22-8-2-4-10-24(22)27/h1-16,27,29,34H,17-18H2,(H,35,38)(H,36,37)/t29-/m0/s1. The largest absolute Gasteiger partial charge is 0.480 e. The summed E-state index contributed by atoms with van der Waals surface area (Å²) >= 11 is 3.47. The Labute approximate surface area is 233 Å². The first-order chi connectivity index (χ1) is 19.0. The molecule has 7 heteroatoms. The summed E-state index contributed by atoms with van der Waals surface area (Å²) in [5.41, 5.74) is 7.92. The smallest absolute Gasteiger partial charge is 0.407 e. The predicted octanol–water partition coefficient (Wildman–Crippen LogP) is 7.13. The predicted molar refractivity (Wildman–Crippen MR) is 155 cm³/mol. The highest BCUT2D eigenvalue weighted by Gasteiger charge is 2.30. The number of carboxylic acid groups (broad SMARTS) is 1. The summed E-state index contributed by atoms with van der Waals surface area (Å²) < 4.78 is 6.58. The molecule has 194 valence electrons. The number of carboxylic acids is 1. The van der Waals surface area contributed by atoms with Crippen LogP contribution in [0.5, 0.6) is 0 Å². The molecule has 1 atom stereocenters. The van der Waals surface area contributed by atoms with Gasteiger partial charge in [-0.3, -0.25) is 0 Å². The molecule has 6 nitrogen and oxygen atoms in total. The molecule has 1 aromatic heterocycles. The van der Waals surface area contributed by atoms with Crippen LogP contribution in [0.2, 0.25) is 0 Å². The van der Waals surface area contributed by atoms with E-state index in [9.17, 15) is 14.7 Å². The molecule has 6 rings (SSSR count). The zero-order valence-corrected chi connectivity index (χ0v) is 22.4. The quantitative estimate of drug-likeness (QED) is 0.191. The number of aromatic amines is 1. The number of halogens is 1. The minimum Gasteiger partial charge on any atom is -0.480 e. The Morgan fingerprint density at radius 1 is 0.872 bits per heavy atom. The van der Waals surface area contributed by atoms with Crippen molar-refractivity contribution in [2.75, 3.05) is 6.61 Å². The molecular weight excluding hydrogens is 556 g/mol. The maximum absolute atomic E-state index is 12.9. The Kier molecular flexibility index (Phi) is 6.67. The van der Waals surface area contributed by atoms with Crippen molar-refractivity contribution in [1.82, 2.24) is 10.3 Å². The van der Waals surface area contributed by atoms with Gasteiger partial charge in [0, 0.05) is 33.4 Å². The van der Waals surface area contributed by atoms with Gasteiger partial charge in [-0.05, 0) is 51.6 Å². The van der Waals surface area contributed by atoms with E-state index in [4.69, 9.17) is 4.74 Å². The molecule has 0 saturated heterocycles. The molecule has 0 spiro atoms. The second-order valence-electron chi connectivity index (χ2n) is 9.60. The summed E-state index contributed by atoms with van der Waals surface area (Å²) in [7, 11) is 0. The third kappa shape index (κ3) is 4.81. The second kappa shape index (κ2) is 10.4. The van der Waals surface area contributed by atoms with E-state index in [0.29, 0.717) is 0 Å². The topological polar surface area (TPSA) is 91.4 Å². The molecule has 0 radical (unpaired) electrons. The number of fused-ring (bicyclic) bond motifs is 4. The van der Waals surface area contributed by atoms with Crippen molar-refractivity contribution in [3.8, 4) is 22.4 Å². The molecule has 3 N–H and O–H groups in total. The van der Waals surface area contributed by atoms with E-state index < -0.39 is 18.1 Å². The monoisotopic (exact) mass is 580 g/mol. The van der Waals surface area contributed by atoms with Crippen molar-refractivity contribution >= 4 is 38.9 Å². The van der Waals surface area contributed by atoms with Crippen LogP contribution in [0.3, 0.4) is 0 Å². The number of ether oxygens (including phenoxy) is 1. The first-order valence-corrected chi connectivity index (χ1v) is 13.5. The summed E-state index contributed by atoms with van der Waals surface area (Å²) in [4.78, 5) is 28.6. The van der Waals surface area contributed by atoms with Gasteiger partial charge >= 0.3 is 12.1 Å². The Balaban J connectivity index is 1.22. The number of carbonyl (C=O) groups is 2. The normalized spacial score (nSPS) is 13.1. The number of rotatable bonds is 7.